The van der Waals surface area contributed by atoms with Crippen LogP contribution in [0.15, 0.2) is 14.7 Å². The highest BCUT2D eigenvalue weighted by Crippen LogP contribution is 2.08. The Morgan fingerprint density at radius 2 is 2.00 bits per heavy atom. The van der Waals surface area contributed by atoms with E-state index in [1.165, 1.54) is 0 Å². The number of nitrogens with one attached hydrogen (secondary N) is 2. The highest BCUT2D eigenvalue weighted by Gasteiger charge is 2.12. The van der Waals surface area contributed by atoms with E-state index in [1.807, 2.05) is 13.8 Å². The fraction of sp³-hybridized carbons (Fsp3) is 0.571. The summed E-state index contributed by atoms with van der Waals surface area (Å²) in [6.45, 7) is 4.21. The van der Waals surface area contributed by atoms with E-state index >= 15 is 0 Å². The molecular formula is C14H22N4O4. The van der Waals surface area contributed by atoms with Gasteiger partial charge >= 0.3 is 5.69 Å². The van der Waals surface area contributed by atoms with Crippen molar-refractivity contribution < 1.29 is 9.90 Å². The second-order valence-electron chi connectivity index (χ2n) is 4.90. The molecule has 0 aliphatic heterocycles. The average molecular weight is 310 g/mol. The first-order valence-electron chi connectivity index (χ1n) is 7.39. The largest absolute Gasteiger partial charge is 0.494 e. The molecule has 0 saturated carbocycles. The molecule has 1 rings (SSSR count). The Morgan fingerprint density at radius 1 is 1.32 bits per heavy atom. The molecule has 1 amide bonds. The number of nitrogens with zero attached hydrogens (tertiary/aromatic N) is 2. The summed E-state index contributed by atoms with van der Waals surface area (Å²) in [5.41, 5.74) is 0.701. The van der Waals surface area contributed by atoms with Crippen LogP contribution in [-0.2, 0) is 11.3 Å². The van der Waals surface area contributed by atoms with Crippen molar-refractivity contribution in [3.8, 4) is 5.88 Å². The third-order valence-electron chi connectivity index (χ3n) is 3.08. The lowest BCUT2D eigenvalue weighted by Gasteiger charge is -2.08. The van der Waals surface area contributed by atoms with Gasteiger partial charge in [0.2, 0.25) is 11.8 Å². The smallest absolute Gasteiger partial charge is 0.331 e. The van der Waals surface area contributed by atoms with Gasteiger partial charge in [-0.2, -0.15) is 5.10 Å². The highest BCUT2D eigenvalue weighted by molar-refractivity contribution is 5.83. The molecule has 0 bridgehead atoms. The fourth-order valence-corrected chi connectivity index (χ4v) is 1.78. The van der Waals surface area contributed by atoms with E-state index < -0.39 is 17.1 Å². The predicted molar refractivity (Wildman–Crippen MR) is 83.2 cm³/mol. The molecule has 0 aliphatic carbocycles. The molecule has 22 heavy (non-hydrogen) atoms. The first-order chi connectivity index (χ1) is 10.5. The van der Waals surface area contributed by atoms with Crippen LogP contribution < -0.4 is 16.7 Å². The van der Waals surface area contributed by atoms with Gasteiger partial charge in [0.05, 0.1) is 6.21 Å². The minimum Gasteiger partial charge on any atom is -0.494 e. The van der Waals surface area contributed by atoms with E-state index in [0.29, 0.717) is 19.4 Å². The number of unbranched alkanes of at least 4 members (excludes halogenated alkanes) is 2. The van der Waals surface area contributed by atoms with E-state index in [-0.39, 0.29) is 11.5 Å². The zero-order valence-corrected chi connectivity index (χ0v) is 12.9. The van der Waals surface area contributed by atoms with E-state index in [0.717, 1.165) is 30.0 Å². The lowest BCUT2D eigenvalue weighted by Crippen LogP contribution is -2.32. The summed E-state index contributed by atoms with van der Waals surface area (Å²) in [6, 6.07) is 0. The van der Waals surface area contributed by atoms with Gasteiger partial charge in [0.1, 0.15) is 5.56 Å². The Bertz CT molecular complexity index is 645. The third kappa shape index (κ3) is 4.87. The molecule has 0 aromatic carbocycles. The van der Waals surface area contributed by atoms with Gasteiger partial charge in [-0.05, 0) is 12.8 Å². The molecule has 0 radical (unpaired) electrons. The standard InChI is InChI=1S/C14H22N4O4/c1-3-5-7-11(19)17-15-9-10-12(20)16-14(22)18(13(10)21)8-6-4-2/h9,21H,3-8H2,1-2H3,(H,17,19)(H,16,20,22). The van der Waals surface area contributed by atoms with E-state index in [1.54, 1.807) is 0 Å². The van der Waals surface area contributed by atoms with Gasteiger partial charge in [-0.25, -0.2) is 10.2 Å². The maximum absolute atomic E-state index is 11.7. The Balaban J connectivity index is 2.92. The minimum atomic E-state index is -0.748. The number of aromatic nitrogens is 2. The number of carbonyl (C=O) groups is 1. The van der Waals surface area contributed by atoms with Crippen LogP contribution in [-0.4, -0.2) is 26.8 Å². The van der Waals surface area contributed by atoms with Crippen LogP contribution in [0, 0.1) is 0 Å². The fourth-order valence-electron chi connectivity index (χ4n) is 1.78. The highest BCUT2D eigenvalue weighted by atomic mass is 16.3. The van der Waals surface area contributed by atoms with Crippen LogP contribution in [0.2, 0.25) is 0 Å². The Labute approximate surface area is 127 Å². The maximum Gasteiger partial charge on any atom is 0.331 e. The van der Waals surface area contributed by atoms with Crippen LogP contribution in [0.4, 0.5) is 0 Å². The van der Waals surface area contributed by atoms with Crippen LogP contribution in [0.5, 0.6) is 5.88 Å². The van der Waals surface area contributed by atoms with Gasteiger partial charge in [0.25, 0.3) is 5.56 Å². The summed E-state index contributed by atoms with van der Waals surface area (Å²) in [6.07, 6.45) is 4.53. The molecule has 0 fully saturated rings. The van der Waals surface area contributed by atoms with Crippen molar-refractivity contribution in [2.75, 3.05) is 0 Å². The topological polar surface area (TPSA) is 117 Å². The molecular weight excluding hydrogens is 288 g/mol. The van der Waals surface area contributed by atoms with Crippen molar-refractivity contribution in [3.63, 3.8) is 0 Å². The summed E-state index contributed by atoms with van der Waals surface area (Å²) in [5.74, 6) is -0.720. The molecule has 3 N–H and O–H groups in total. The number of hydrazone groups is 1. The van der Waals surface area contributed by atoms with E-state index in [9.17, 15) is 19.5 Å². The molecule has 0 atom stereocenters. The third-order valence-corrected chi connectivity index (χ3v) is 3.08. The van der Waals surface area contributed by atoms with Crippen LogP contribution in [0.1, 0.15) is 51.5 Å². The average Bonchev–Trinajstić information content (AvgIpc) is 2.48. The number of hydrogen-bond donors (Lipinski definition) is 3. The van der Waals surface area contributed by atoms with Gasteiger partial charge < -0.3 is 5.11 Å². The monoisotopic (exact) mass is 310 g/mol. The van der Waals surface area contributed by atoms with Gasteiger partial charge in [0, 0.05) is 13.0 Å². The van der Waals surface area contributed by atoms with Crippen molar-refractivity contribution in [3.05, 3.63) is 26.4 Å². The molecule has 8 nitrogen and oxygen atoms in total. The summed E-state index contributed by atoms with van der Waals surface area (Å²) < 4.78 is 1.07. The lowest BCUT2D eigenvalue weighted by molar-refractivity contribution is -0.121. The van der Waals surface area contributed by atoms with Crippen molar-refractivity contribution in [2.45, 2.75) is 52.5 Å². The van der Waals surface area contributed by atoms with Gasteiger partial charge in [0.15, 0.2) is 0 Å². The number of aromatic hydroxyl groups is 1. The van der Waals surface area contributed by atoms with Gasteiger partial charge in [-0.3, -0.25) is 19.1 Å². The Morgan fingerprint density at radius 3 is 2.64 bits per heavy atom. The zero-order valence-electron chi connectivity index (χ0n) is 12.9. The number of aromatic amines is 1. The quantitative estimate of drug-likeness (QED) is 0.483. The summed E-state index contributed by atoms with van der Waals surface area (Å²) in [4.78, 5) is 36.9. The number of amides is 1. The molecule has 0 aliphatic rings. The van der Waals surface area contributed by atoms with Crippen molar-refractivity contribution in [2.24, 2.45) is 5.10 Å². The Kier molecular flexibility index (Phi) is 7.07. The van der Waals surface area contributed by atoms with E-state index in [4.69, 9.17) is 0 Å². The lowest BCUT2D eigenvalue weighted by atomic mass is 10.2. The van der Waals surface area contributed by atoms with Crippen molar-refractivity contribution >= 4 is 12.1 Å². The number of carbonyl (C=O) groups excluding carboxylic acids is 1. The second-order valence-corrected chi connectivity index (χ2v) is 4.90. The van der Waals surface area contributed by atoms with Crippen molar-refractivity contribution in [1.29, 1.82) is 0 Å². The number of H-pyrrole nitrogens is 1. The van der Waals surface area contributed by atoms with Crippen LogP contribution in [0.25, 0.3) is 0 Å². The van der Waals surface area contributed by atoms with Crippen LogP contribution in [0.3, 0.4) is 0 Å². The summed E-state index contributed by atoms with van der Waals surface area (Å²) in [7, 11) is 0. The zero-order chi connectivity index (χ0) is 16.5. The molecule has 1 aromatic rings. The number of rotatable bonds is 8. The molecule has 8 heteroatoms. The molecule has 0 spiro atoms. The van der Waals surface area contributed by atoms with E-state index in [2.05, 4.69) is 15.5 Å². The Hall–Kier alpha value is -2.38. The number of hydrogen-bond acceptors (Lipinski definition) is 5. The minimum absolute atomic E-state index is 0.161. The summed E-state index contributed by atoms with van der Waals surface area (Å²) in [5, 5.41) is 13.7. The maximum atomic E-state index is 11.7. The first-order valence-corrected chi connectivity index (χ1v) is 7.39. The normalized spacial score (nSPS) is 11.0. The molecule has 0 saturated heterocycles. The molecule has 0 unspecified atom stereocenters. The molecule has 122 valence electrons. The van der Waals surface area contributed by atoms with Crippen LogP contribution >= 0.6 is 0 Å². The molecule has 1 heterocycles. The SMILES string of the molecule is CCCCC(=O)NN=Cc1c(O)n(CCCC)c(=O)[nH]c1=O. The predicted octanol–water partition coefficient (Wildman–Crippen LogP) is 0.683. The molecule has 1 aromatic heterocycles. The van der Waals surface area contributed by atoms with Gasteiger partial charge in [-0.1, -0.05) is 26.7 Å². The van der Waals surface area contributed by atoms with Crippen molar-refractivity contribution in [1.82, 2.24) is 15.0 Å². The van der Waals surface area contributed by atoms with Gasteiger partial charge in [-0.15, -0.1) is 0 Å². The second kappa shape index (κ2) is 8.81. The first kappa shape index (κ1) is 17.7. The summed E-state index contributed by atoms with van der Waals surface area (Å²) >= 11 is 0.